The van der Waals surface area contributed by atoms with Crippen LogP contribution >= 0.6 is 0 Å². The molecule has 11 heteroatoms. The van der Waals surface area contributed by atoms with Crippen molar-refractivity contribution in [1.82, 2.24) is 14.8 Å². The number of aromatic nitrogens is 1. The van der Waals surface area contributed by atoms with Crippen LogP contribution in [0.4, 0.5) is 8.78 Å². The minimum Gasteiger partial charge on any atom is -0.491 e. The van der Waals surface area contributed by atoms with Crippen LogP contribution in [0.3, 0.4) is 0 Å². The molecule has 2 aromatic rings. The van der Waals surface area contributed by atoms with Crippen molar-refractivity contribution in [3.63, 3.8) is 0 Å². The van der Waals surface area contributed by atoms with Crippen molar-refractivity contribution >= 4 is 11.8 Å². The number of nitrogens with one attached hydrogen (secondary N) is 1. The summed E-state index contributed by atoms with van der Waals surface area (Å²) in [6.07, 6.45) is -0.637. The van der Waals surface area contributed by atoms with E-state index in [4.69, 9.17) is 9.47 Å². The fourth-order valence-corrected chi connectivity index (χ4v) is 5.11. The molecule has 2 aliphatic rings. The minimum atomic E-state index is -1.21. The van der Waals surface area contributed by atoms with Gasteiger partial charge in [-0.25, -0.2) is 8.78 Å². The Kier molecular flexibility index (Phi) is 6.65. The average molecular weight is 491 g/mol. The molecule has 2 aliphatic heterocycles. The maximum absolute atomic E-state index is 14.1. The van der Waals surface area contributed by atoms with E-state index in [1.165, 1.54) is 20.3 Å². The van der Waals surface area contributed by atoms with Crippen molar-refractivity contribution in [2.75, 3.05) is 33.9 Å². The molecule has 3 heterocycles. The first kappa shape index (κ1) is 24.8. The van der Waals surface area contributed by atoms with Crippen LogP contribution in [0.15, 0.2) is 23.0 Å². The zero-order valence-corrected chi connectivity index (χ0v) is 19.7. The van der Waals surface area contributed by atoms with Crippen LogP contribution in [0.2, 0.25) is 0 Å². The van der Waals surface area contributed by atoms with Gasteiger partial charge in [-0.15, -0.1) is 0 Å². The Hall–Kier alpha value is -3.31. The second-order valence-corrected chi connectivity index (χ2v) is 8.73. The number of halogens is 2. The smallest absolute Gasteiger partial charge is 0.274 e. The molecular weight excluding hydrogens is 464 g/mol. The molecule has 2 atom stereocenters. The first-order valence-electron chi connectivity index (χ1n) is 11.2. The molecule has 0 bridgehead atoms. The van der Waals surface area contributed by atoms with E-state index >= 15 is 0 Å². The summed E-state index contributed by atoms with van der Waals surface area (Å²) in [6, 6.07) is 2.93. The number of rotatable bonds is 8. The predicted octanol–water partition coefficient (Wildman–Crippen LogP) is 1.71. The third-order valence-corrected chi connectivity index (χ3v) is 6.75. The Morgan fingerprint density at radius 2 is 2.03 bits per heavy atom. The zero-order valence-electron chi connectivity index (χ0n) is 19.7. The molecule has 0 fully saturated rings. The topological polar surface area (TPSA) is 110 Å². The highest BCUT2D eigenvalue weighted by molar-refractivity contribution is 6.00. The molecule has 0 aliphatic carbocycles. The van der Waals surface area contributed by atoms with Crippen LogP contribution in [-0.2, 0) is 16.8 Å². The van der Waals surface area contributed by atoms with Gasteiger partial charge < -0.3 is 29.4 Å². The predicted molar refractivity (Wildman–Crippen MR) is 120 cm³/mol. The van der Waals surface area contributed by atoms with E-state index in [0.29, 0.717) is 25.6 Å². The largest absolute Gasteiger partial charge is 0.491 e. The second kappa shape index (κ2) is 9.38. The Balaban J connectivity index is 1.86. The summed E-state index contributed by atoms with van der Waals surface area (Å²) < 4.78 is 39.4. The van der Waals surface area contributed by atoms with E-state index in [9.17, 15) is 28.3 Å². The summed E-state index contributed by atoms with van der Waals surface area (Å²) in [7, 11) is 2.77. The molecule has 2 unspecified atom stereocenters. The minimum absolute atomic E-state index is 0.0167. The molecule has 1 aromatic heterocycles. The normalized spacial score (nSPS) is 20.7. The van der Waals surface area contributed by atoms with Gasteiger partial charge in [0, 0.05) is 51.4 Å². The highest BCUT2D eigenvalue weighted by Crippen LogP contribution is 2.47. The van der Waals surface area contributed by atoms with Crippen molar-refractivity contribution in [3.8, 4) is 5.75 Å². The summed E-state index contributed by atoms with van der Waals surface area (Å²) in [4.78, 5) is 41.5. The van der Waals surface area contributed by atoms with Gasteiger partial charge in [-0.3, -0.25) is 14.4 Å². The van der Waals surface area contributed by atoms with Crippen LogP contribution in [0, 0.1) is 11.6 Å². The number of aliphatic hydroxyl groups is 1. The molecule has 1 aromatic carbocycles. The van der Waals surface area contributed by atoms with E-state index in [0.717, 1.165) is 6.07 Å². The van der Waals surface area contributed by atoms with Crippen molar-refractivity contribution in [3.05, 3.63) is 62.6 Å². The van der Waals surface area contributed by atoms with Gasteiger partial charge in [0.1, 0.15) is 17.2 Å². The number of ether oxygens (including phenoxy) is 2. The van der Waals surface area contributed by atoms with E-state index in [1.807, 2.05) is 6.92 Å². The lowest BCUT2D eigenvalue weighted by molar-refractivity contribution is 0.0426. The summed E-state index contributed by atoms with van der Waals surface area (Å²) in [5, 5.41) is 13.5. The Labute approximate surface area is 200 Å². The van der Waals surface area contributed by atoms with E-state index < -0.39 is 40.5 Å². The number of aliphatic hydroxyl groups excluding tert-OH is 1. The quantitative estimate of drug-likeness (QED) is 0.582. The molecule has 0 saturated heterocycles. The van der Waals surface area contributed by atoms with Gasteiger partial charge in [-0.2, -0.15) is 0 Å². The van der Waals surface area contributed by atoms with Gasteiger partial charge in [-0.05, 0) is 19.4 Å². The number of carbonyl (C=O) groups excluding carboxylic acids is 2. The summed E-state index contributed by atoms with van der Waals surface area (Å²) in [5.41, 5.74) is -2.03. The van der Waals surface area contributed by atoms with Gasteiger partial charge in [0.15, 0.2) is 11.4 Å². The number of pyridine rings is 1. The van der Waals surface area contributed by atoms with Gasteiger partial charge >= 0.3 is 0 Å². The maximum Gasteiger partial charge on any atom is 0.274 e. The van der Waals surface area contributed by atoms with Crippen molar-refractivity contribution < 1.29 is 33.0 Å². The first-order valence-corrected chi connectivity index (χ1v) is 11.2. The molecule has 188 valence electrons. The number of benzene rings is 1. The summed E-state index contributed by atoms with van der Waals surface area (Å²) >= 11 is 0. The monoisotopic (exact) mass is 491 g/mol. The van der Waals surface area contributed by atoms with Crippen LogP contribution in [0.5, 0.6) is 5.75 Å². The van der Waals surface area contributed by atoms with Crippen molar-refractivity contribution in [2.24, 2.45) is 0 Å². The molecule has 2 N–H and O–H groups in total. The number of methoxy groups -OCH3 is 2. The third-order valence-electron chi connectivity index (χ3n) is 6.75. The number of hydrogen-bond donors (Lipinski definition) is 2. The molecule has 0 radical (unpaired) electrons. The highest BCUT2D eigenvalue weighted by Gasteiger charge is 2.53. The second-order valence-electron chi connectivity index (χ2n) is 8.73. The Morgan fingerprint density at radius 1 is 1.29 bits per heavy atom. The van der Waals surface area contributed by atoms with Gasteiger partial charge in [0.25, 0.3) is 11.8 Å². The number of nitrogens with zero attached hydrogens (tertiary/aromatic N) is 2. The number of hydrogen-bond acceptors (Lipinski definition) is 6. The third kappa shape index (κ3) is 3.98. The maximum atomic E-state index is 14.1. The first-order chi connectivity index (χ1) is 16.7. The molecule has 2 amide bonds. The Morgan fingerprint density at radius 3 is 2.66 bits per heavy atom. The zero-order chi connectivity index (χ0) is 25.5. The fraction of sp³-hybridized carbons (Fsp3) is 0.458. The number of carbonyl (C=O) groups is 2. The number of amides is 2. The summed E-state index contributed by atoms with van der Waals surface area (Å²) in [6.45, 7) is 2.45. The molecule has 35 heavy (non-hydrogen) atoms. The number of likely N-dealkylation sites (N-methyl/N-ethyl adjacent to an activating group) is 1. The highest BCUT2D eigenvalue weighted by atomic mass is 19.1. The van der Waals surface area contributed by atoms with Gasteiger partial charge in [0.2, 0.25) is 5.43 Å². The molecule has 9 nitrogen and oxygen atoms in total. The SMILES string of the molecule is CCN1CC2(CCOC)CC(O)c3c(C(=O)NCc4ccc(F)cc4F)c(=O)c(OC)c(n32)C1=O. The molecule has 0 saturated carbocycles. The van der Waals surface area contributed by atoms with Crippen LogP contribution in [-0.4, -0.2) is 60.3 Å². The fourth-order valence-electron chi connectivity index (χ4n) is 5.11. The lowest BCUT2D eigenvalue weighted by Gasteiger charge is -2.43. The lowest BCUT2D eigenvalue weighted by atomic mass is 9.89. The molecule has 0 spiro atoms. The average Bonchev–Trinajstić information content (AvgIpc) is 3.11. The van der Waals surface area contributed by atoms with E-state index in [-0.39, 0.29) is 47.8 Å². The van der Waals surface area contributed by atoms with Crippen LogP contribution < -0.4 is 15.5 Å². The van der Waals surface area contributed by atoms with Crippen LogP contribution in [0.1, 0.15) is 58.0 Å². The van der Waals surface area contributed by atoms with Crippen LogP contribution in [0.25, 0.3) is 0 Å². The Bertz CT molecular complexity index is 1250. The standard InChI is InChI=1S/C24H27F2N3O6/c1-4-28-12-24(7-8-34-2)10-16(30)18-17(20(31)21(35-3)19(23(28)33)29(18)24)22(32)27-11-13-5-6-14(25)9-15(13)26/h5-6,9,16,30H,4,7-8,10-12H2,1-3H3,(H,27,32). The van der Waals surface area contributed by atoms with Crippen molar-refractivity contribution in [1.29, 1.82) is 0 Å². The summed E-state index contributed by atoms with van der Waals surface area (Å²) in [5.74, 6) is -3.21. The molecule has 4 rings (SSSR count). The van der Waals surface area contributed by atoms with Gasteiger partial charge in [0.05, 0.1) is 24.4 Å². The van der Waals surface area contributed by atoms with Gasteiger partial charge in [-0.1, -0.05) is 6.07 Å². The van der Waals surface area contributed by atoms with Crippen molar-refractivity contribution in [2.45, 2.75) is 38.0 Å². The lowest BCUT2D eigenvalue weighted by Crippen LogP contribution is -2.54. The van der Waals surface area contributed by atoms with E-state index in [2.05, 4.69) is 5.32 Å². The van der Waals surface area contributed by atoms with E-state index in [1.54, 1.807) is 9.47 Å². The molecular formula is C24H27F2N3O6.